The maximum Gasteiger partial charge on any atom is 0.184 e. The van der Waals surface area contributed by atoms with E-state index in [9.17, 15) is 20.4 Å². The van der Waals surface area contributed by atoms with Crippen molar-refractivity contribution in [2.45, 2.75) is 37.0 Å². The monoisotopic (exact) mass is 390 g/mol. The molecule has 2 fully saturated rings. The van der Waals surface area contributed by atoms with Gasteiger partial charge >= 0.3 is 0 Å². The first-order valence-corrected chi connectivity index (χ1v) is 9.00. The molecular weight excluding hydrogens is 368 g/mol. The Labute approximate surface area is 161 Å². The zero-order valence-corrected chi connectivity index (χ0v) is 14.9. The number of phenolic OH excluding ortho intramolecular Hbond substituents is 2. The summed E-state index contributed by atoms with van der Waals surface area (Å²) in [5.74, 6) is 0.235. The van der Waals surface area contributed by atoms with Crippen molar-refractivity contribution in [2.75, 3.05) is 13.2 Å². The van der Waals surface area contributed by atoms with Gasteiger partial charge in [0.05, 0.1) is 13.2 Å². The number of aliphatic hydroxyl groups is 2. The number of aliphatic hydroxyl groups excluding tert-OH is 2. The molecule has 2 aromatic rings. The van der Waals surface area contributed by atoms with Gasteiger partial charge in [-0.2, -0.15) is 0 Å². The summed E-state index contributed by atoms with van der Waals surface area (Å²) in [6, 6.07) is 12.7. The minimum absolute atomic E-state index is 0.0972. The molecule has 0 bridgehead atoms. The van der Waals surface area contributed by atoms with E-state index < -0.39 is 43.6 Å². The summed E-state index contributed by atoms with van der Waals surface area (Å²) in [4.78, 5) is 0. The Morgan fingerprint density at radius 2 is 1.36 bits per heavy atom. The van der Waals surface area contributed by atoms with Gasteiger partial charge in [-0.1, -0.05) is 24.3 Å². The molecule has 0 radical (unpaired) electrons. The Kier molecular flexibility index (Phi) is 5.49. The van der Waals surface area contributed by atoms with E-state index in [4.69, 9.17) is 18.9 Å². The number of phenols is 2. The maximum absolute atomic E-state index is 10.7. The highest BCUT2D eigenvalue weighted by Gasteiger charge is 2.46. The van der Waals surface area contributed by atoms with Crippen molar-refractivity contribution in [3.63, 3.8) is 0 Å². The summed E-state index contributed by atoms with van der Waals surface area (Å²) < 4.78 is 23.4. The molecular formula is C20H22O8. The first kappa shape index (κ1) is 19.1. The Balaban J connectivity index is 1.54. The number of benzene rings is 2. The summed E-state index contributed by atoms with van der Waals surface area (Å²) in [7, 11) is 0. The van der Waals surface area contributed by atoms with Gasteiger partial charge in [-0.3, -0.25) is 0 Å². The fraction of sp³-hybridized carbons (Fsp3) is 0.400. The zero-order valence-electron chi connectivity index (χ0n) is 14.9. The predicted molar refractivity (Wildman–Crippen MR) is 95.4 cm³/mol. The van der Waals surface area contributed by atoms with E-state index in [-0.39, 0.29) is 18.1 Å². The average Bonchev–Trinajstić information content (AvgIpc) is 3.12. The van der Waals surface area contributed by atoms with E-state index in [1.165, 1.54) is 24.3 Å². The molecule has 2 unspecified atom stereocenters. The molecule has 2 aliphatic heterocycles. The molecule has 0 aliphatic carbocycles. The van der Waals surface area contributed by atoms with Crippen LogP contribution in [0.5, 0.6) is 11.5 Å². The molecule has 0 amide bonds. The van der Waals surface area contributed by atoms with Crippen molar-refractivity contribution in [3.05, 3.63) is 59.7 Å². The molecule has 150 valence electrons. The van der Waals surface area contributed by atoms with Gasteiger partial charge in [0.1, 0.15) is 35.9 Å². The fourth-order valence-corrected chi connectivity index (χ4v) is 3.35. The molecule has 4 N–H and O–H groups in total. The van der Waals surface area contributed by atoms with Crippen LogP contribution in [0.1, 0.15) is 23.7 Å². The van der Waals surface area contributed by atoms with Gasteiger partial charge in [-0.15, -0.1) is 0 Å². The largest absolute Gasteiger partial charge is 0.508 e. The van der Waals surface area contributed by atoms with Crippen LogP contribution >= 0.6 is 0 Å². The SMILES string of the molecule is OC[C@H]1OC(c2ccc(O)cc2)OC[C@@H]2OC(c3ccc(O)cc3)O[C@H]2[C@@H]1O. The maximum atomic E-state index is 10.7. The molecule has 0 spiro atoms. The van der Waals surface area contributed by atoms with Crippen LogP contribution in [-0.2, 0) is 18.9 Å². The smallest absolute Gasteiger partial charge is 0.184 e. The molecule has 8 heteroatoms. The minimum atomic E-state index is -1.14. The number of aromatic hydroxyl groups is 2. The Bertz CT molecular complexity index is 778. The lowest BCUT2D eigenvalue weighted by molar-refractivity contribution is -0.241. The topological polar surface area (TPSA) is 118 Å². The van der Waals surface area contributed by atoms with Gasteiger partial charge in [0.25, 0.3) is 0 Å². The number of hydrogen-bond acceptors (Lipinski definition) is 8. The predicted octanol–water partition coefficient (Wildman–Crippen LogP) is 1.35. The number of rotatable bonds is 3. The van der Waals surface area contributed by atoms with E-state index in [0.29, 0.717) is 11.1 Å². The minimum Gasteiger partial charge on any atom is -0.508 e. The second-order valence-corrected chi connectivity index (χ2v) is 6.80. The molecule has 0 aromatic heterocycles. The molecule has 4 rings (SSSR count). The molecule has 6 atom stereocenters. The van der Waals surface area contributed by atoms with Gasteiger partial charge in [0, 0.05) is 11.1 Å². The van der Waals surface area contributed by atoms with Crippen LogP contribution in [0, 0.1) is 0 Å². The second-order valence-electron chi connectivity index (χ2n) is 6.80. The molecule has 2 saturated heterocycles. The molecule has 0 saturated carbocycles. The van der Waals surface area contributed by atoms with Gasteiger partial charge in [-0.25, -0.2) is 0 Å². The lowest BCUT2D eigenvalue weighted by Crippen LogP contribution is -2.49. The summed E-state index contributed by atoms with van der Waals surface area (Å²) in [6.07, 6.45) is -5.00. The summed E-state index contributed by atoms with van der Waals surface area (Å²) in [6.45, 7) is -0.338. The van der Waals surface area contributed by atoms with Gasteiger partial charge in [0.15, 0.2) is 12.6 Å². The van der Waals surface area contributed by atoms with Crippen LogP contribution in [0.2, 0.25) is 0 Å². The summed E-state index contributed by atoms with van der Waals surface area (Å²) >= 11 is 0. The van der Waals surface area contributed by atoms with Crippen LogP contribution in [0.3, 0.4) is 0 Å². The van der Waals surface area contributed by atoms with Crippen molar-refractivity contribution in [3.8, 4) is 11.5 Å². The molecule has 2 heterocycles. The quantitative estimate of drug-likeness (QED) is 0.620. The van der Waals surface area contributed by atoms with Crippen LogP contribution < -0.4 is 0 Å². The molecule has 2 aliphatic rings. The van der Waals surface area contributed by atoms with E-state index in [2.05, 4.69) is 0 Å². The third-order valence-corrected chi connectivity index (χ3v) is 4.88. The van der Waals surface area contributed by atoms with Crippen molar-refractivity contribution < 1.29 is 39.4 Å². The van der Waals surface area contributed by atoms with Crippen molar-refractivity contribution in [1.82, 2.24) is 0 Å². The highest BCUT2D eigenvalue weighted by atomic mass is 16.8. The lowest BCUT2D eigenvalue weighted by atomic mass is 10.0. The number of ether oxygens (including phenoxy) is 4. The fourth-order valence-electron chi connectivity index (χ4n) is 3.35. The standard InChI is InChI=1S/C20H22O8/c21-9-15-17(24)18-16(27-20(28-18)12-3-7-14(23)8-4-12)10-25-19(26-15)11-1-5-13(22)6-2-11/h1-8,15-24H,9-10H2/t15-,16+,17-,18-,19?,20?/m1/s1. The number of hydrogen-bond donors (Lipinski definition) is 4. The van der Waals surface area contributed by atoms with Gasteiger partial charge in [0.2, 0.25) is 0 Å². The zero-order chi connectivity index (χ0) is 19.7. The normalized spacial score (nSPS) is 33.1. The van der Waals surface area contributed by atoms with Crippen LogP contribution in [-0.4, -0.2) is 58.1 Å². The second kappa shape index (κ2) is 8.04. The van der Waals surface area contributed by atoms with E-state index in [1.807, 2.05) is 0 Å². The van der Waals surface area contributed by atoms with Gasteiger partial charge in [-0.05, 0) is 24.3 Å². The van der Waals surface area contributed by atoms with Crippen molar-refractivity contribution in [2.24, 2.45) is 0 Å². The Morgan fingerprint density at radius 1 is 0.786 bits per heavy atom. The van der Waals surface area contributed by atoms with Crippen LogP contribution in [0.25, 0.3) is 0 Å². The molecule has 8 nitrogen and oxygen atoms in total. The number of fused-ring (bicyclic) bond motifs is 1. The lowest BCUT2D eigenvalue weighted by Gasteiger charge is -2.34. The first-order valence-electron chi connectivity index (χ1n) is 9.00. The van der Waals surface area contributed by atoms with E-state index in [1.54, 1.807) is 24.3 Å². The third-order valence-electron chi connectivity index (χ3n) is 4.88. The molecule has 2 aromatic carbocycles. The average molecular weight is 390 g/mol. The first-order chi connectivity index (χ1) is 13.5. The van der Waals surface area contributed by atoms with Crippen molar-refractivity contribution in [1.29, 1.82) is 0 Å². The van der Waals surface area contributed by atoms with Crippen LogP contribution in [0.15, 0.2) is 48.5 Å². The van der Waals surface area contributed by atoms with Crippen LogP contribution in [0.4, 0.5) is 0 Å². The third kappa shape index (κ3) is 3.83. The Morgan fingerprint density at radius 3 is 1.93 bits per heavy atom. The van der Waals surface area contributed by atoms with Gasteiger partial charge < -0.3 is 39.4 Å². The molecule has 28 heavy (non-hydrogen) atoms. The Hall–Kier alpha value is -2.20. The summed E-state index contributed by atoms with van der Waals surface area (Å²) in [5.41, 5.74) is 1.32. The highest BCUT2D eigenvalue weighted by Crippen LogP contribution is 2.37. The highest BCUT2D eigenvalue weighted by molar-refractivity contribution is 5.28. The van der Waals surface area contributed by atoms with E-state index >= 15 is 0 Å². The van der Waals surface area contributed by atoms with Crippen molar-refractivity contribution >= 4 is 0 Å². The summed E-state index contributed by atoms with van der Waals surface area (Å²) in [5, 5.41) is 39.4. The van der Waals surface area contributed by atoms with E-state index in [0.717, 1.165) is 0 Å².